The normalized spacial score (nSPS) is 14.8. The standard InChI is InChI=1S/C24H29FN2O4/c1-24(2,3)31-23(29)27-14-12-18(13-15-27)19-10-7-11-20(21(19)25)26-22(28)30-16-17-8-5-4-6-9-17/h4-11,18H,12-16H2,1-3H3,(H,26,28). The number of anilines is 1. The highest BCUT2D eigenvalue weighted by molar-refractivity contribution is 5.85. The van der Waals surface area contributed by atoms with Gasteiger partial charge in [-0.1, -0.05) is 42.5 Å². The quantitative estimate of drug-likeness (QED) is 0.679. The van der Waals surface area contributed by atoms with Crippen LogP contribution < -0.4 is 5.32 Å². The molecule has 0 radical (unpaired) electrons. The predicted molar refractivity (Wildman–Crippen MR) is 116 cm³/mol. The first-order valence-electron chi connectivity index (χ1n) is 10.5. The number of piperidine rings is 1. The minimum Gasteiger partial charge on any atom is -0.444 e. The van der Waals surface area contributed by atoms with Gasteiger partial charge in [0.05, 0.1) is 5.69 Å². The molecule has 0 bridgehead atoms. The molecule has 0 spiro atoms. The minimum atomic E-state index is -0.709. The third-order valence-corrected chi connectivity index (χ3v) is 5.06. The van der Waals surface area contributed by atoms with Gasteiger partial charge in [-0.3, -0.25) is 5.32 Å². The third-order valence-electron chi connectivity index (χ3n) is 5.06. The topological polar surface area (TPSA) is 67.9 Å². The van der Waals surface area contributed by atoms with E-state index in [0.29, 0.717) is 31.5 Å². The molecule has 2 amide bonds. The first kappa shape index (κ1) is 22.6. The first-order valence-corrected chi connectivity index (χ1v) is 10.5. The number of ether oxygens (including phenoxy) is 2. The second-order valence-electron chi connectivity index (χ2n) is 8.64. The average Bonchev–Trinajstić information content (AvgIpc) is 2.73. The van der Waals surface area contributed by atoms with Gasteiger partial charge < -0.3 is 14.4 Å². The molecule has 7 heteroatoms. The van der Waals surface area contributed by atoms with Gasteiger partial charge >= 0.3 is 12.2 Å². The Morgan fingerprint density at radius 3 is 2.39 bits per heavy atom. The molecule has 1 aliphatic rings. The van der Waals surface area contributed by atoms with Gasteiger partial charge in [0.1, 0.15) is 18.0 Å². The van der Waals surface area contributed by atoms with Gasteiger partial charge in [0.25, 0.3) is 0 Å². The van der Waals surface area contributed by atoms with E-state index in [-0.39, 0.29) is 24.3 Å². The molecular formula is C24H29FN2O4. The van der Waals surface area contributed by atoms with Crippen LogP contribution in [0.3, 0.4) is 0 Å². The summed E-state index contributed by atoms with van der Waals surface area (Å²) in [5.41, 5.74) is 0.924. The number of nitrogens with one attached hydrogen (secondary N) is 1. The van der Waals surface area contributed by atoms with Crippen LogP contribution in [-0.2, 0) is 16.1 Å². The monoisotopic (exact) mass is 428 g/mol. The molecule has 166 valence electrons. The number of carbonyl (C=O) groups is 2. The molecule has 1 heterocycles. The van der Waals surface area contributed by atoms with Crippen molar-refractivity contribution in [3.8, 4) is 0 Å². The molecule has 0 saturated carbocycles. The van der Waals surface area contributed by atoms with Crippen LogP contribution in [0.1, 0.15) is 50.7 Å². The summed E-state index contributed by atoms with van der Waals surface area (Å²) in [6.07, 6.45) is 0.193. The molecule has 3 rings (SSSR count). The summed E-state index contributed by atoms with van der Waals surface area (Å²) < 4.78 is 25.7. The van der Waals surface area contributed by atoms with Gasteiger partial charge in [-0.05, 0) is 56.7 Å². The predicted octanol–water partition coefficient (Wildman–Crippen LogP) is 5.69. The van der Waals surface area contributed by atoms with Crippen molar-refractivity contribution in [1.82, 2.24) is 4.90 Å². The van der Waals surface area contributed by atoms with Gasteiger partial charge in [-0.15, -0.1) is 0 Å². The SMILES string of the molecule is CC(C)(C)OC(=O)N1CCC(c2cccc(NC(=O)OCc3ccccc3)c2F)CC1. The highest BCUT2D eigenvalue weighted by Crippen LogP contribution is 2.33. The molecule has 1 fully saturated rings. The van der Waals surface area contributed by atoms with Crippen molar-refractivity contribution in [3.63, 3.8) is 0 Å². The molecule has 0 unspecified atom stereocenters. The zero-order valence-corrected chi connectivity index (χ0v) is 18.2. The summed E-state index contributed by atoms with van der Waals surface area (Å²) in [6, 6.07) is 14.2. The van der Waals surface area contributed by atoms with Crippen LogP contribution in [-0.4, -0.2) is 35.8 Å². The Bertz CT molecular complexity index is 904. The summed E-state index contributed by atoms with van der Waals surface area (Å²) >= 11 is 0. The third kappa shape index (κ3) is 6.44. The Morgan fingerprint density at radius 2 is 1.74 bits per heavy atom. The van der Waals surface area contributed by atoms with Crippen molar-refractivity contribution in [2.75, 3.05) is 18.4 Å². The van der Waals surface area contributed by atoms with Gasteiger partial charge in [-0.2, -0.15) is 0 Å². The van der Waals surface area contributed by atoms with Gasteiger partial charge in [0, 0.05) is 13.1 Å². The number of halogens is 1. The van der Waals surface area contributed by atoms with Crippen LogP contribution in [0.25, 0.3) is 0 Å². The zero-order valence-electron chi connectivity index (χ0n) is 18.2. The van der Waals surface area contributed by atoms with E-state index in [1.165, 1.54) is 6.07 Å². The van der Waals surface area contributed by atoms with Crippen molar-refractivity contribution in [1.29, 1.82) is 0 Å². The minimum absolute atomic E-state index is 0.0409. The molecule has 0 aromatic heterocycles. The second kappa shape index (κ2) is 9.81. The van der Waals surface area contributed by atoms with E-state index in [4.69, 9.17) is 9.47 Å². The number of benzene rings is 2. The molecule has 1 saturated heterocycles. The molecule has 1 N–H and O–H groups in total. The number of hydrogen-bond acceptors (Lipinski definition) is 4. The van der Waals surface area contributed by atoms with Crippen LogP contribution in [0, 0.1) is 5.82 Å². The molecule has 31 heavy (non-hydrogen) atoms. The van der Waals surface area contributed by atoms with E-state index < -0.39 is 17.5 Å². The van der Waals surface area contributed by atoms with Crippen LogP contribution in [0.2, 0.25) is 0 Å². The lowest BCUT2D eigenvalue weighted by Crippen LogP contribution is -2.41. The van der Waals surface area contributed by atoms with E-state index in [2.05, 4.69) is 5.32 Å². The fourth-order valence-electron chi connectivity index (χ4n) is 3.53. The lowest BCUT2D eigenvalue weighted by molar-refractivity contribution is 0.0204. The number of likely N-dealkylation sites (tertiary alicyclic amines) is 1. The highest BCUT2D eigenvalue weighted by atomic mass is 19.1. The van der Waals surface area contributed by atoms with Crippen molar-refractivity contribution < 1.29 is 23.5 Å². The summed E-state index contributed by atoms with van der Waals surface area (Å²) in [5, 5.41) is 2.49. The van der Waals surface area contributed by atoms with Crippen LogP contribution >= 0.6 is 0 Å². The molecular weight excluding hydrogens is 399 g/mol. The van der Waals surface area contributed by atoms with Crippen molar-refractivity contribution >= 4 is 17.9 Å². The Morgan fingerprint density at radius 1 is 1.06 bits per heavy atom. The zero-order chi connectivity index (χ0) is 22.4. The lowest BCUT2D eigenvalue weighted by Gasteiger charge is -2.33. The van der Waals surface area contributed by atoms with E-state index in [1.807, 2.05) is 51.1 Å². The smallest absolute Gasteiger partial charge is 0.412 e. The maximum atomic E-state index is 15.1. The van der Waals surface area contributed by atoms with E-state index >= 15 is 4.39 Å². The number of rotatable bonds is 4. The molecule has 0 atom stereocenters. The van der Waals surface area contributed by atoms with Crippen LogP contribution in [0.4, 0.5) is 19.7 Å². The summed E-state index contributed by atoms with van der Waals surface area (Å²) in [5.74, 6) is -0.504. The fourth-order valence-corrected chi connectivity index (χ4v) is 3.53. The highest BCUT2D eigenvalue weighted by Gasteiger charge is 2.29. The van der Waals surface area contributed by atoms with E-state index in [0.717, 1.165) is 5.56 Å². The van der Waals surface area contributed by atoms with Gasteiger partial charge in [-0.25, -0.2) is 14.0 Å². The van der Waals surface area contributed by atoms with Crippen molar-refractivity contribution in [3.05, 3.63) is 65.5 Å². The number of carbonyl (C=O) groups excluding carboxylic acids is 2. The summed E-state index contributed by atoms with van der Waals surface area (Å²) in [4.78, 5) is 26.0. The maximum absolute atomic E-state index is 15.1. The summed E-state index contributed by atoms with van der Waals surface area (Å²) in [6.45, 7) is 6.59. The Balaban J connectivity index is 1.57. The van der Waals surface area contributed by atoms with E-state index in [1.54, 1.807) is 17.0 Å². The summed E-state index contributed by atoms with van der Waals surface area (Å²) in [7, 11) is 0. The number of nitrogens with zero attached hydrogens (tertiary/aromatic N) is 1. The number of amides is 2. The van der Waals surface area contributed by atoms with Crippen molar-refractivity contribution in [2.24, 2.45) is 0 Å². The Hall–Kier alpha value is -3.09. The lowest BCUT2D eigenvalue weighted by atomic mass is 9.89. The molecule has 6 nitrogen and oxygen atoms in total. The average molecular weight is 429 g/mol. The van der Waals surface area contributed by atoms with Gasteiger partial charge in [0.15, 0.2) is 0 Å². The second-order valence-corrected chi connectivity index (χ2v) is 8.64. The van der Waals surface area contributed by atoms with Crippen molar-refractivity contribution in [2.45, 2.75) is 51.7 Å². The molecule has 2 aromatic rings. The van der Waals surface area contributed by atoms with Crippen LogP contribution in [0.5, 0.6) is 0 Å². The Kier molecular flexibility index (Phi) is 7.15. The molecule has 2 aromatic carbocycles. The van der Waals surface area contributed by atoms with Crippen LogP contribution in [0.15, 0.2) is 48.5 Å². The number of hydrogen-bond donors (Lipinski definition) is 1. The van der Waals surface area contributed by atoms with Gasteiger partial charge in [0.2, 0.25) is 0 Å². The molecule has 1 aliphatic heterocycles. The largest absolute Gasteiger partial charge is 0.444 e. The fraction of sp³-hybridized carbons (Fsp3) is 0.417. The first-order chi connectivity index (χ1) is 14.7. The molecule has 0 aliphatic carbocycles. The van der Waals surface area contributed by atoms with E-state index in [9.17, 15) is 9.59 Å². The maximum Gasteiger partial charge on any atom is 0.412 e. The Labute approximate surface area is 182 Å².